The van der Waals surface area contributed by atoms with Gasteiger partial charge in [0.25, 0.3) is 0 Å². The molecule has 0 heterocycles. The van der Waals surface area contributed by atoms with E-state index in [1.807, 2.05) is 0 Å². The molecule has 0 saturated carbocycles. The SMILES string of the molecule is O=C(O[C@H](Cc1ccc(O)c(O)c1)C(=O)O)C1=Cc2cc(O)c(O)cc2[C@H](c2ccc(O)c(O)c2)C1C(=O)O[C@@H](Cc1ccc(O)c(O)c1)C(=O)O. The van der Waals surface area contributed by atoms with E-state index < -0.39 is 112 Å². The predicted octanol–water partition coefficient (Wildman–Crippen LogP) is 2.95. The normalized spacial score (nSPS) is 16.1. The number of aromatic hydroxyl groups is 8. The quantitative estimate of drug-likeness (QED) is 0.0788. The summed E-state index contributed by atoms with van der Waals surface area (Å²) in [5, 5.41) is 100. The van der Waals surface area contributed by atoms with Gasteiger partial charge in [0.2, 0.25) is 12.2 Å². The van der Waals surface area contributed by atoms with Gasteiger partial charge in [-0.15, -0.1) is 0 Å². The van der Waals surface area contributed by atoms with Gasteiger partial charge in [0.05, 0.1) is 11.5 Å². The highest BCUT2D eigenvalue weighted by Gasteiger charge is 2.45. The molecule has 1 aliphatic carbocycles. The molecule has 0 aromatic heterocycles. The first kappa shape index (κ1) is 36.2. The fraction of sp³-hybridized carbons (Fsp3) is 0.167. The Kier molecular flexibility index (Phi) is 10.0. The molecule has 10 N–H and O–H groups in total. The Morgan fingerprint density at radius 2 is 1.02 bits per heavy atom. The number of carbonyl (C=O) groups excluding carboxylic acids is 2. The van der Waals surface area contributed by atoms with Crippen LogP contribution in [0.15, 0.2) is 72.3 Å². The summed E-state index contributed by atoms with van der Waals surface area (Å²) in [7, 11) is 0. The van der Waals surface area contributed by atoms with Crippen LogP contribution in [0.2, 0.25) is 0 Å². The Bertz CT molecular complexity index is 2120. The highest BCUT2D eigenvalue weighted by Crippen LogP contribution is 2.48. The number of fused-ring (bicyclic) bond motifs is 1. The van der Waals surface area contributed by atoms with Crippen LogP contribution in [0.25, 0.3) is 6.08 Å². The summed E-state index contributed by atoms with van der Waals surface area (Å²) in [6.07, 6.45) is -3.95. The first-order chi connectivity index (χ1) is 24.5. The third kappa shape index (κ3) is 7.55. The smallest absolute Gasteiger partial charge is 0.345 e. The van der Waals surface area contributed by atoms with Gasteiger partial charge < -0.3 is 60.5 Å². The number of phenols is 8. The molecule has 52 heavy (non-hydrogen) atoms. The second kappa shape index (κ2) is 14.4. The van der Waals surface area contributed by atoms with Crippen molar-refractivity contribution in [1.29, 1.82) is 0 Å². The van der Waals surface area contributed by atoms with E-state index in [1.165, 1.54) is 18.2 Å². The summed E-state index contributed by atoms with van der Waals surface area (Å²) < 4.78 is 10.8. The largest absolute Gasteiger partial charge is 0.504 e. The Morgan fingerprint density at radius 1 is 0.558 bits per heavy atom. The Morgan fingerprint density at radius 3 is 1.52 bits per heavy atom. The van der Waals surface area contributed by atoms with Crippen molar-refractivity contribution in [3.63, 3.8) is 0 Å². The number of hydrogen-bond acceptors (Lipinski definition) is 14. The van der Waals surface area contributed by atoms with Crippen molar-refractivity contribution in [2.75, 3.05) is 0 Å². The van der Waals surface area contributed by atoms with Gasteiger partial charge in [-0.1, -0.05) is 18.2 Å². The molecule has 16 nitrogen and oxygen atoms in total. The molecule has 0 fully saturated rings. The summed E-state index contributed by atoms with van der Waals surface area (Å²) in [4.78, 5) is 52.7. The van der Waals surface area contributed by atoms with E-state index in [2.05, 4.69) is 0 Å². The van der Waals surface area contributed by atoms with Crippen LogP contribution in [0.4, 0.5) is 0 Å². The van der Waals surface area contributed by atoms with E-state index in [-0.39, 0.29) is 27.8 Å². The van der Waals surface area contributed by atoms with Gasteiger partial charge in [-0.2, -0.15) is 0 Å². The van der Waals surface area contributed by atoms with Crippen LogP contribution < -0.4 is 0 Å². The number of phenolic OH excluding ortho intramolecular Hbond substituents is 8. The molecule has 16 heteroatoms. The van der Waals surface area contributed by atoms with E-state index in [9.17, 15) is 70.2 Å². The molecule has 0 amide bonds. The van der Waals surface area contributed by atoms with E-state index in [0.717, 1.165) is 54.6 Å². The van der Waals surface area contributed by atoms with Gasteiger partial charge in [0.15, 0.2) is 46.0 Å². The minimum absolute atomic E-state index is 0.00618. The maximum absolute atomic E-state index is 14.2. The van der Waals surface area contributed by atoms with Crippen molar-refractivity contribution < 1.29 is 79.7 Å². The molecule has 1 unspecified atom stereocenters. The van der Waals surface area contributed by atoms with Crippen molar-refractivity contribution >= 4 is 30.0 Å². The minimum Gasteiger partial charge on any atom is -0.504 e. The molecule has 4 aromatic carbocycles. The number of esters is 2. The van der Waals surface area contributed by atoms with Crippen LogP contribution in [-0.2, 0) is 41.5 Å². The monoisotopic (exact) mass is 718 g/mol. The molecule has 5 rings (SSSR count). The number of ether oxygens (including phenoxy) is 2. The van der Waals surface area contributed by atoms with Crippen LogP contribution >= 0.6 is 0 Å². The number of carboxylic acids is 2. The fourth-order valence-corrected chi connectivity index (χ4v) is 5.76. The first-order valence-electron chi connectivity index (χ1n) is 15.2. The van der Waals surface area contributed by atoms with Gasteiger partial charge >= 0.3 is 23.9 Å². The molecular formula is C36H30O16. The number of hydrogen-bond donors (Lipinski definition) is 10. The van der Waals surface area contributed by atoms with E-state index in [4.69, 9.17) is 9.47 Å². The third-order valence-corrected chi connectivity index (χ3v) is 8.32. The van der Waals surface area contributed by atoms with Crippen molar-refractivity contribution in [2.45, 2.75) is 31.0 Å². The number of benzene rings is 4. The van der Waals surface area contributed by atoms with Crippen molar-refractivity contribution in [1.82, 2.24) is 0 Å². The molecule has 0 spiro atoms. The Labute approximate surface area is 292 Å². The number of rotatable bonds is 11. The number of aliphatic carboxylic acids is 2. The lowest BCUT2D eigenvalue weighted by Crippen LogP contribution is -2.39. The second-order valence-corrected chi connectivity index (χ2v) is 11.8. The molecule has 0 aliphatic heterocycles. The van der Waals surface area contributed by atoms with Crippen molar-refractivity contribution in [2.24, 2.45) is 5.92 Å². The lowest BCUT2D eigenvalue weighted by Gasteiger charge is -2.33. The summed E-state index contributed by atoms with van der Waals surface area (Å²) in [6.45, 7) is 0. The average molecular weight is 719 g/mol. The van der Waals surface area contributed by atoms with Gasteiger partial charge in [-0.25, -0.2) is 14.4 Å². The summed E-state index contributed by atoms with van der Waals surface area (Å²) >= 11 is 0. The van der Waals surface area contributed by atoms with Gasteiger partial charge in [-0.3, -0.25) is 4.79 Å². The maximum Gasteiger partial charge on any atom is 0.345 e. The highest BCUT2D eigenvalue weighted by atomic mass is 16.6. The molecule has 0 radical (unpaired) electrons. The van der Waals surface area contributed by atoms with Gasteiger partial charge in [0.1, 0.15) is 0 Å². The first-order valence-corrected chi connectivity index (χ1v) is 15.2. The topological polar surface area (TPSA) is 289 Å². The lowest BCUT2D eigenvalue weighted by molar-refractivity contribution is -0.168. The molecule has 0 saturated heterocycles. The number of carboxylic acid groups (broad SMARTS) is 2. The molecule has 4 aromatic rings. The zero-order chi connectivity index (χ0) is 38.0. The molecule has 1 aliphatic rings. The zero-order valence-corrected chi connectivity index (χ0v) is 26.6. The Balaban J connectivity index is 1.61. The van der Waals surface area contributed by atoms with Crippen LogP contribution in [0.3, 0.4) is 0 Å². The van der Waals surface area contributed by atoms with Gasteiger partial charge in [-0.05, 0) is 82.4 Å². The molecule has 270 valence electrons. The predicted molar refractivity (Wildman–Crippen MR) is 175 cm³/mol. The second-order valence-electron chi connectivity index (χ2n) is 11.8. The minimum atomic E-state index is -1.97. The summed E-state index contributed by atoms with van der Waals surface area (Å²) in [5.41, 5.74) is -0.309. The van der Waals surface area contributed by atoms with Crippen molar-refractivity contribution in [3.05, 3.63) is 100 Å². The fourth-order valence-electron chi connectivity index (χ4n) is 5.76. The number of carbonyl (C=O) groups is 4. The van der Waals surface area contributed by atoms with Crippen LogP contribution in [0, 0.1) is 5.92 Å². The third-order valence-electron chi connectivity index (χ3n) is 8.32. The highest BCUT2D eigenvalue weighted by molar-refractivity contribution is 6.03. The lowest BCUT2D eigenvalue weighted by atomic mass is 9.71. The van der Waals surface area contributed by atoms with Crippen molar-refractivity contribution in [3.8, 4) is 46.0 Å². The Hall–Kier alpha value is -7.10. The average Bonchev–Trinajstić information content (AvgIpc) is 3.08. The van der Waals surface area contributed by atoms with Crippen LogP contribution in [-0.4, -0.2) is 87.2 Å². The maximum atomic E-state index is 14.2. The molecular weight excluding hydrogens is 688 g/mol. The summed E-state index contributed by atoms with van der Waals surface area (Å²) in [6, 6.07) is 12.1. The van der Waals surface area contributed by atoms with Gasteiger partial charge in [0, 0.05) is 18.8 Å². The zero-order valence-electron chi connectivity index (χ0n) is 26.6. The standard InChI is InChI=1S/C36H30O16/c37-21-4-1-15(7-24(21)40)9-29(33(45)46)51-35(49)20-11-18-13-27(43)28(44)14-19(18)31(17-3-6-23(39)26(42)12-17)32(20)36(50)52-30(34(47)48)10-16-2-5-22(38)25(41)8-16/h1-8,11-14,29-32,37-44H,9-10H2,(H,45,46)(H,47,48)/t29-,30+,31+,32?/m1/s1. The van der Waals surface area contributed by atoms with Crippen LogP contribution in [0.1, 0.15) is 33.7 Å². The van der Waals surface area contributed by atoms with E-state index >= 15 is 0 Å². The van der Waals surface area contributed by atoms with E-state index in [0.29, 0.717) is 0 Å². The molecule has 0 bridgehead atoms. The van der Waals surface area contributed by atoms with E-state index in [1.54, 1.807) is 0 Å². The van der Waals surface area contributed by atoms with Crippen LogP contribution in [0.5, 0.6) is 46.0 Å². The summed E-state index contributed by atoms with van der Waals surface area (Å²) in [5.74, 6) is -14.2. The molecule has 4 atom stereocenters.